The SMILES string of the molecule is CC1CCC(NC(=O)c2cc(Cl)c(N)c([N+](=O)[O-])c2)CC1. The Morgan fingerprint density at radius 2 is 2.00 bits per heavy atom. The van der Waals surface area contributed by atoms with Crippen molar-refractivity contribution < 1.29 is 9.72 Å². The monoisotopic (exact) mass is 311 g/mol. The van der Waals surface area contributed by atoms with Gasteiger partial charge in [-0.2, -0.15) is 0 Å². The summed E-state index contributed by atoms with van der Waals surface area (Å²) in [6, 6.07) is 2.65. The highest BCUT2D eigenvalue weighted by Crippen LogP contribution is 2.31. The summed E-state index contributed by atoms with van der Waals surface area (Å²) in [7, 11) is 0. The lowest BCUT2D eigenvalue weighted by molar-refractivity contribution is -0.383. The molecular weight excluding hydrogens is 294 g/mol. The lowest BCUT2D eigenvalue weighted by atomic mass is 9.87. The number of nitro benzene ring substituents is 1. The predicted molar refractivity (Wildman–Crippen MR) is 81.4 cm³/mol. The highest BCUT2D eigenvalue weighted by atomic mass is 35.5. The number of carbonyl (C=O) groups is 1. The fraction of sp³-hybridized carbons (Fsp3) is 0.500. The van der Waals surface area contributed by atoms with E-state index >= 15 is 0 Å². The standard InChI is InChI=1S/C14H18ClN3O3/c1-8-2-4-10(5-3-8)17-14(19)9-6-11(15)13(16)12(7-9)18(20)21/h6-8,10H,2-5,16H2,1H3,(H,17,19). The van der Waals surface area contributed by atoms with E-state index in [4.69, 9.17) is 17.3 Å². The lowest BCUT2D eigenvalue weighted by Gasteiger charge is -2.26. The Bertz CT molecular complexity index is 569. The summed E-state index contributed by atoms with van der Waals surface area (Å²) in [4.78, 5) is 22.5. The van der Waals surface area contributed by atoms with Crippen molar-refractivity contribution in [3.8, 4) is 0 Å². The molecular formula is C14H18ClN3O3. The number of hydrogen-bond donors (Lipinski definition) is 2. The molecule has 0 aliphatic heterocycles. The van der Waals surface area contributed by atoms with Gasteiger partial charge >= 0.3 is 0 Å². The fourth-order valence-electron chi connectivity index (χ4n) is 2.56. The minimum Gasteiger partial charge on any atom is -0.392 e. The largest absolute Gasteiger partial charge is 0.392 e. The van der Waals surface area contributed by atoms with Crippen LogP contribution in [0.2, 0.25) is 5.02 Å². The number of amides is 1. The molecule has 1 saturated carbocycles. The maximum Gasteiger partial charge on any atom is 0.294 e. The quantitative estimate of drug-likeness (QED) is 0.509. The first-order valence-electron chi connectivity index (χ1n) is 6.92. The second-order valence-electron chi connectivity index (χ2n) is 5.58. The molecule has 1 fully saturated rings. The Labute approximate surface area is 127 Å². The van der Waals surface area contributed by atoms with Gasteiger partial charge in [0.25, 0.3) is 11.6 Å². The molecule has 0 heterocycles. The molecule has 0 saturated heterocycles. The summed E-state index contributed by atoms with van der Waals surface area (Å²) >= 11 is 5.86. The van der Waals surface area contributed by atoms with Crippen molar-refractivity contribution in [2.45, 2.75) is 38.6 Å². The van der Waals surface area contributed by atoms with Crippen LogP contribution in [-0.2, 0) is 0 Å². The number of anilines is 1. The average Bonchev–Trinajstić information content (AvgIpc) is 2.43. The van der Waals surface area contributed by atoms with Crippen LogP contribution in [0.25, 0.3) is 0 Å². The molecule has 0 radical (unpaired) electrons. The fourth-order valence-corrected chi connectivity index (χ4v) is 2.77. The molecule has 0 aromatic heterocycles. The van der Waals surface area contributed by atoms with Gasteiger partial charge in [-0.1, -0.05) is 18.5 Å². The molecule has 1 aromatic carbocycles. The van der Waals surface area contributed by atoms with Crippen LogP contribution in [0.5, 0.6) is 0 Å². The highest BCUT2D eigenvalue weighted by molar-refractivity contribution is 6.34. The van der Waals surface area contributed by atoms with Crippen molar-refractivity contribution in [2.75, 3.05) is 5.73 Å². The summed E-state index contributed by atoms with van der Waals surface area (Å²) in [5.74, 6) is 0.338. The summed E-state index contributed by atoms with van der Waals surface area (Å²) in [5.41, 5.74) is 5.25. The van der Waals surface area contributed by atoms with Gasteiger partial charge in [-0.25, -0.2) is 0 Å². The van der Waals surface area contributed by atoms with Gasteiger partial charge in [0, 0.05) is 17.7 Å². The van der Waals surface area contributed by atoms with E-state index in [9.17, 15) is 14.9 Å². The number of nitro groups is 1. The van der Waals surface area contributed by atoms with E-state index in [0.29, 0.717) is 5.92 Å². The summed E-state index contributed by atoms with van der Waals surface area (Å²) in [6.07, 6.45) is 4.01. The van der Waals surface area contributed by atoms with Gasteiger partial charge in [0.2, 0.25) is 0 Å². The molecule has 0 unspecified atom stereocenters. The van der Waals surface area contributed by atoms with Gasteiger partial charge in [0.1, 0.15) is 5.69 Å². The van der Waals surface area contributed by atoms with Gasteiger partial charge in [-0.15, -0.1) is 0 Å². The van der Waals surface area contributed by atoms with E-state index in [1.165, 1.54) is 12.1 Å². The Morgan fingerprint density at radius 1 is 1.38 bits per heavy atom. The maximum atomic E-state index is 12.2. The van der Waals surface area contributed by atoms with Crippen LogP contribution >= 0.6 is 11.6 Å². The van der Waals surface area contributed by atoms with Crippen molar-refractivity contribution in [2.24, 2.45) is 5.92 Å². The van der Waals surface area contributed by atoms with E-state index < -0.39 is 4.92 Å². The van der Waals surface area contributed by atoms with Crippen molar-refractivity contribution in [3.63, 3.8) is 0 Å². The third kappa shape index (κ3) is 3.64. The molecule has 7 heteroatoms. The van der Waals surface area contributed by atoms with E-state index in [2.05, 4.69) is 12.2 Å². The van der Waals surface area contributed by atoms with Crippen molar-refractivity contribution in [1.29, 1.82) is 0 Å². The third-order valence-electron chi connectivity index (χ3n) is 3.92. The Morgan fingerprint density at radius 3 is 2.57 bits per heavy atom. The molecule has 1 aromatic rings. The second kappa shape index (κ2) is 6.30. The zero-order chi connectivity index (χ0) is 15.6. The second-order valence-corrected chi connectivity index (χ2v) is 5.99. The number of nitrogens with zero attached hydrogens (tertiary/aromatic N) is 1. The summed E-state index contributed by atoms with van der Waals surface area (Å²) in [5, 5.41) is 13.8. The summed E-state index contributed by atoms with van der Waals surface area (Å²) in [6.45, 7) is 2.20. The van der Waals surface area contributed by atoms with Crippen LogP contribution in [0, 0.1) is 16.0 Å². The number of nitrogen functional groups attached to an aromatic ring is 1. The smallest absolute Gasteiger partial charge is 0.294 e. The normalized spacial score (nSPS) is 21.8. The predicted octanol–water partition coefficient (Wildman–Crippen LogP) is 3.14. The molecule has 1 aliphatic rings. The minimum atomic E-state index is -0.639. The van der Waals surface area contributed by atoms with Gasteiger partial charge in [0.05, 0.1) is 9.95 Å². The van der Waals surface area contributed by atoms with Crippen LogP contribution < -0.4 is 11.1 Å². The number of carbonyl (C=O) groups excluding carboxylic acids is 1. The Balaban J connectivity index is 2.14. The molecule has 0 bridgehead atoms. The van der Waals surface area contributed by atoms with E-state index in [-0.39, 0.29) is 33.9 Å². The van der Waals surface area contributed by atoms with Gasteiger partial charge < -0.3 is 11.1 Å². The van der Waals surface area contributed by atoms with Gasteiger partial charge in [-0.3, -0.25) is 14.9 Å². The number of nitrogens with two attached hydrogens (primary N) is 1. The highest BCUT2D eigenvalue weighted by Gasteiger charge is 2.23. The number of hydrogen-bond acceptors (Lipinski definition) is 4. The van der Waals surface area contributed by atoms with E-state index in [1.54, 1.807) is 0 Å². The first-order chi connectivity index (χ1) is 9.88. The first kappa shape index (κ1) is 15.6. The first-order valence-corrected chi connectivity index (χ1v) is 7.30. The van der Waals surface area contributed by atoms with E-state index in [1.807, 2.05) is 0 Å². The lowest BCUT2D eigenvalue weighted by Crippen LogP contribution is -2.37. The number of halogens is 1. The Kier molecular flexibility index (Phi) is 4.67. The molecule has 0 atom stereocenters. The van der Waals surface area contributed by atoms with Crippen LogP contribution in [0.15, 0.2) is 12.1 Å². The molecule has 1 aliphatic carbocycles. The molecule has 6 nitrogen and oxygen atoms in total. The van der Waals surface area contributed by atoms with Crippen molar-refractivity contribution in [3.05, 3.63) is 32.8 Å². The van der Waals surface area contributed by atoms with Crippen LogP contribution in [0.3, 0.4) is 0 Å². The van der Waals surface area contributed by atoms with E-state index in [0.717, 1.165) is 25.7 Å². The van der Waals surface area contributed by atoms with Crippen molar-refractivity contribution >= 4 is 28.9 Å². The molecule has 3 N–H and O–H groups in total. The van der Waals surface area contributed by atoms with Crippen molar-refractivity contribution in [1.82, 2.24) is 5.32 Å². The molecule has 0 spiro atoms. The molecule has 114 valence electrons. The Hall–Kier alpha value is -1.82. The summed E-state index contributed by atoms with van der Waals surface area (Å²) < 4.78 is 0. The number of rotatable bonds is 3. The average molecular weight is 312 g/mol. The van der Waals surface area contributed by atoms with Crippen LogP contribution in [0.1, 0.15) is 43.0 Å². The van der Waals surface area contributed by atoms with Crippen LogP contribution in [-0.4, -0.2) is 16.9 Å². The maximum absolute atomic E-state index is 12.2. The zero-order valence-corrected chi connectivity index (χ0v) is 12.5. The molecule has 2 rings (SSSR count). The third-order valence-corrected chi connectivity index (χ3v) is 4.23. The number of nitrogens with one attached hydrogen (secondary N) is 1. The minimum absolute atomic E-state index is 0.0200. The van der Waals surface area contributed by atoms with Gasteiger partial charge in [-0.05, 0) is 37.7 Å². The zero-order valence-electron chi connectivity index (χ0n) is 11.8. The molecule has 1 amide bonds. The van der Waals surface area contributed by atoms with Gasteiger partial charge in [0.15, 0.2) is 0 Å². The number of benzene rings is 1. The molecule has 21 heavy (non-hydrogen) atoms. The van der Waals surface area contributed by atoms with Crippen LogP contribution in [0.4, 0.5) is 11.4 Å². The topological polar surface area (TPSA) is 98.3 Å².